The van der Waals surface area contributed by atoms with Crippen LogP contribution in [0.5, 0.6) is 5.75 Å². The maximum absolute atomic E-state index is 12.3. The first-order valence-corrected chi connectivity index (χ1v) is 6.99. The summed E-state index contributed by atoms with van der Waals surface area (Å²) in [7, 11) is 0. The van der Waals surface area contributed by atoms with Crippen molar-refractivity contribution in [3.63, 3.8) is 0 Å². The molecule has 2 rings (SSSR count). The summed E-state index contributed by atoms with van der Waals surface area (Å²) in [5.74, 6) is 0.208. The van der Waals surface area contributed by atoms with E-state index in [4.69, 9.17) is 0 Å². The molecule has 5 heteroatoms. The molecule has 3 nitrogen and oxygen atoms in total. The fourth-order valence-electron chi connectivity index (χ4n) is 2.84. The van der Waals surface area contributed by atoms with Gasteiger partial charge < -0.3 is 15.2 Å². The molecule has 0 saturated heterocycles. The molecule has 0 radical (unpaired) electrons. The number of aliphatic hydroxyl groups is 1. The van der Waals surface area contributed by atoms with E-state index < -0.39 is 6.61 Å². The molecule has 20 heavy (non-hydrogen) atoms. The maximum atomic E-state index is 12.3. The van der Waals surface area contributed by atoms with E-state index in [1.165, 1.54) is 0 Å². The summed E-state index contributed by atoms with van der Waals surface area (Å²) in [5.41, 5.74) is 0.664. The number of rotatable bonds is 7. The monoisotopic (exact) mass is 285 g/mol. The van der Waals surface area contributed by atoms with Crippen LogP contribution >= 0.6 is 0 Å². The number of aliphatic hydroxyl groups excluding tert-OH is 1. The molecule has 1 aromatic rings. The van der Waals surface area contributed by atoms with Crippen LogP contribution in [0.2, 0.25) is 0 Å². The second-order valence-electron chi connectivity index (χ2n) is 5.46. The minimum absolute atomic E-state index is 0.0431. The third-order valence-electron chi connectivity index (χ3n) is 4.00. The van der Waals surface area contributed by atoms with Crippen LogP contribution in [0.4, 0.5) is 8.78 Å². The van der Waals surface area contributed by atoms with Gasteiger partial charge in [-0.1, -0.05) is 31.0 Å². The summed E-state index contributed by atoms with van der Waals surface area (Å²) in [6.45, 7) is -1.47. The van der Waals surface area contributed by atoms with Crippen molar-refractivity contribution in [2.75, 3.05) is 13.2 Å². The molecular formula is C15H21F2NO2. The van der Waals surface area contributed by atoms with Gasteiger partial charge in [-0.2, -0.15) is 8.78 Å². The Kier molecular flexibility index (Phi) is 5.31. The predicted octanol–water partition coefficient (Wildman–Crippen LogP) is 2.93. The van der Waals surface area contributed by atoms with Gasteiger partial charge in [0.25, 0.3) is 0 Å². The van der Waals surface area contributed by atoms with Crippen molar-refractivity contribution in [2.24, 2.45) is 5.41 Å². The molecule has 0 amide bonds. The number of hydrogen-bond donors (Lipinski definition) is 2. The normalized spacial score (nSPS) is 17.6. The summed E-state index contributed by atoms with van der Waals surface area (Å²) in [6, 6.07) is 6.78. The Morgan fingerprint density at radius 1 is 1.25 bits per heavy atom. The molecule has 0 spiro atoms. The minimum atomic E-state index is -2.81. The van der Waals surface area contributed by atoms with Gasteiger partial charge in [0.05, 0.1) is 0 Å². The number of benzene rings is 1. The second-order valence-corrected chi connectivity index (χ2v) is 5.46. The lowest BCUT2D eigenvalue weighted by Gasteiger charge is -2.27. The van der Waals surface area contributed by atoms with Crippen LogP contribution in [-0.2, 0) is 6.54 Å². The van der Waals surface area contributed by atoms with Gasteiger partial charge in [-0.3, -0.25) is 0 Å². The van der Waals surface area contributed by atoms with Crippen molar-refractivity contribution in [2.45, 2.75) is 38.8 Å². The topological polar surface area (TPSA) is 41.5 Å². The molecule has 0 atom stereocenters. The number of ether oxygens (including phenoxy) is 1. The molecule has 0 bridgehead atoms. The highest BCUT2D eigenvalue weighted by molar-refractivity contribution is 5.33. The van der Waals surface area contributed by atoms with E-state index in [2.05, 4.69) is 10.1 Å². The summed E-state index contributed by atoms with van der Waals surface area (Å²) >= 11 is 0. The highest BCUT2D eigenvalue weighted by atomic mass is 19.3. The Bertz CT molecular complexity index is 420. The Labute approximate surface area is 117 Å². The summed E-state index contributed by atoms with van der Waals surface area (Å²) < 4.78 is 29.1. The van der Waals surface area contributed by atoms with Crippen molar-refractivity contribution < 1.29 is 18.6 Å². The van der Waals surface area contributed by atoms with Crippen LogP contribution in [0.15, 0.2) is 24.3 Å². The lowest BCUT2D eigenvalue weighted by Crippen LogP contribution is -2.34. The lowest BCUT2D eigenvalue weighted by atomic mass is 9.87. The smallest absolute Gasteiger partial charge is 0.387 e. The van der Waals surface area contributed by atoms with Crippen LogP contribution in [0, 0.1) is 5.41 Å². The van der Waals surface area contributed by atoms with E-state index in [0.717, 1.165) is 25.7 Å². The standard InChI is InChI=1S/C15H21F2NO2/c16-14(17)20-13-6-2-1-5-12(13)9-18-10-15(11-19)7-3-4-8-15/h1-2,5-6,14,18-19H,3-4,7-11H2. The van der Waals surface area contributed by atoms with Gasteiger partial charge in [0.2, 0.25) is 0 Å². The van der Waals surface area contributed by atoms with Crippen LogP contribution in [0.1, 0.15) is 31.2 Å². The summed E-state index contributed by atoms with van der Waals surface area (Å²) in [6.07, 6.45) is 4.33. The van der Waals surface area contributed by atoms with E-state index in [1.54, 1.807) is 24.3 Å². The van der Waals surface area contributed by atoms with Gasteiger partial charge in [0.15, 0.2) is 0 Å². The van der Waals surface area contributed by atoms with E-state index in [0.29, 0.717) is 18.7 Å². The van der Waals surface area contributed by atoms with E-state index in [-0.39, 0.29) is 17.8 Å². The average molecular weight is 285 g/mol. The zero-order valence-corrected chi connectivity index (χ0v) is 11.4. The van der Waals surface area contributed by atoms with Gasteiger partial charge in [0.1, 0.15) is 5.75 Å². The average Bonchev–Trinajstić information content (AvgIpc) is 2.89. The van der Waals surface area contributed by atoms with Crippen molar-refractivity contribution in [1.82, 2.24) is 5.32 Å². The van der Waals surface area contributed by atoms with Crippen LogP contribution in [0.25, 0.3) is 0 Å². The third kappa shape index (κ3) is 3.90. The predicted molar refractivity (Wildman–Crippen MR) is 72.8 cm³/mol. The van der Waals surface area contributed by atoms with Crippen molar-refractivity contribution in [1.29, 1.82) is 0 Å². The number of halogens is 2. The fraction of sp³-hybridized carbons (Fsp3) is 0.600. The summed E-state index contributed by atoms with van der Waals surface area (Å²) in [4.78, 5) is 0. The SMILES string of the molecule is OCC1(CNCc2ccccc2OC(F)F)CCCC1. The largest absolute Gasteiger partial charge is 0.434 e. The minimum Gasteiger partial charge on any atom is -0.434 e. The molecule has 1 fully saturated rings. The molecule has 1 aliphatic rings. The van der Waals surface area contributed by atoms with Crippen LogP contribution in [0.3, 0.4) is 0 Å². The number of nitrogens with one attached hydrogen (secondary N) is 1. The molecule has 0 unspecified atom stereocenters. The van der Waals surface area contributed by atoms with Gasteiger partial charge >= 0.3 is 6.61 Å². The quantitative estimate of drug-likeness (QED) is 0.809. The molecule has 112 valence electrons. The maximum Gasteiger partial charge on any atom is 0.387 e. The van der Waals surface area contributed by atoms with Gasteiger partial charge in [-0.25, -0.2) is 0 Å². The first-order chi connectivity index (χ1) is 9.65. The Hall–Kier alpha value is -1.20. The van der Waals surface area contributed by atoms with Crippen molar-refractivity contribution in [3.05, 3.63) is 29.8 Å². The molecule has 0 aliphatic heterocycles. The molecule has 1 aromatic carbocycles. The first kappa shape index (κ1) is 15.2. The Morgan fingerprint density at radius 2 is 1.95 bits per heavy atom. The van der Waals surface area contributed by atoms with Gasteiger partial charge in [-0.15, -0.1) is 0 Å². The van der Waals surface area contributed by atoms with E-state index >= 15 is 0 Å². The highest BCUT2D eigenvalue weighted by Gasteiger charge is 2.32. The van der Waals surface area contributed by atoms with Crippen molar-refractivity contribution in [3.8, 4) is 5.75 Å². The summed E-state index contributed by atoms with van der Waals surface area (Å²) in [5, 5.41) is 12.8. The highest BCUT2D eigenvalue weighted by Crippen LogP contribution is 2.37. The van der Waals surface area contributed by atoms with Gasteiger partial charge in [0, 0.05) is 30.7 Å². The van der Waals surface area contributed by atoms with E-state index in [9.17, 15) is 13.9 Å². The van der Waals surface area contributed by atoms with Crippen molar-refractivity contribution >= 4 is 0 Å². The Balaban J connectivity index is 1.90. The lowest BCUT2D eigenvalue weighted by molar-refractivity contribution is -0.0505. The molecular weight excluding hydrogens is 264 g/mol. The first-order valence-electron chi connectivity index (χ1n) is 6.99. The zero-order chi connectivity index (χ0) is 14.4. The fourth-order valence-corrected chi connectivity index (χ4v) is 2.84. The molecule has 1 aliphatic carbocycles. The number of para-hydroxylation sites is 1. The molecule has 0 aromatic heterocycles. The molecule has 1 saturated carbocycles. The van der Waals surface area contributed by atoms with Gasteiger partial charge in [-0.05, 0) is 18.9 Å². The van der Waals surface area contributed by atoms with Crippen LogP contribution in [-0.4, -0.2) is 24.9 Å². The second kappa shape index (κ2) is 6.99. The Morgan fingerprint density at radius 3 is 2.60 bits per heavy atom. The third-order valence-corrected chi connectivity index (χ3v) is 4.00. The number of hydrogen-bond acceptors (Lipinski definition) is 3. The number of alkyl halides is 2. The van der Waals surface area contributed by atoms with Crippen LogP contribution < -0.4 is 10.1 Å². The molecule has 0 heterocycles. The van der Waals surface area contributed by atoms with E-state index in [1.807, 2.05) is 0 Å². The zero-order valence-electron chi connectivity index (χ0n) is 11.4. The molecule has 2 N–H and O–H groups in total.